The van der Waals surface area contributed by atoms with E-state index < -0.39 is 12.0 Å². The SMILES string of the molecule is CCN(CC)CCOCC1=C(C(=O)[O-])C(c2ccc(Cl)c(Cl)c2)N=C(c2ccco2)N1. The number of nitrogens with zero attached hydrogens (tertiary/aromatic N) is 2. The van der Waals surface area contributed by atoms with E-state index in [9.17, 15) is 9.90 Å². The number of carbonyl (C=O) groups excluding carboxylic acids is 1. The van der Waals surface area contributed by atoms with Gasteiger partial charge in [-0.25, -0.2) is 0 Å². The van der Waals surface area contributed by atoms with Gasteiger partial charge in [0.2, 0.25) is 0 Å². The molecule has 1 N–H and O–H groups in total. The third-order valence-corrected chi connectivity index (χ3v) is 5.79. The minimum atomic E-state index is -1.34. The lowest BCUT2D eigenvalue weighted by Crippen LogP contribution is -2.39. The van der Waals surface area contributed by atoms with E-state index in [1.165, 1.54) is 6.26 Å². The molecule has 9 heteroatoms. The Labute approximate surface area is 191 Å². The standard InChI is InChI=1S/C22H25Cl2N3O4/c1-3-27(4-2)9-11-30-13-17-19(22(28)29)20(14-7-8-15(23)16(24)12-14)26-21(25-17)18-6-5-10-31-18/h5-8,10,12,20H,3-4,9,11,13H2,1-2H3,(H,25,26)(H,28,29)/p-1. The Morgan fingerprint density at radius 2 is 2.03 bits per heavy atom. The van der Waals surface area contributed by atoms with E-state index in [2.05, 4.69) is 29.1 Å². The quantitative estimate of drug-likeness (QED) is 0.543. The fourth-order valence-corrected chi connectivity index (χ4v) is 3.63. The van der Waals surface area contributed by atoms with Crippen molar-refractivity contribution in [3.8, 4) is 0 Å². The number of benzene rings is 1. The van der Waals surface area contributed by atoms with Gasteiger partial charge >= 0.3 is 0 Å². The van der Waals surface area contributed by atoms with E-state index >= 15 is 0 Å². The van der Waals surface area contributed by atoms with E-state index in [0.29, 0.717) is 39.5 Å². The van der Waals surface area contributed by atoms with Gasteiger partial charge in [-0.15, -0.1) is 0 Å². The zero-order valence-corrected chi connectivity index (χ0v) is 18.9. The number of amidine groups is 1. The lowest BCUT2D eigenvalue weighted by Gasteiger charge is -2.29. The van der Waals surface area contributed by atoms with Crippen molar-refractivity contribution in [1.82, 2.24) is 10.2 Å². The van der Waals surface area contributed by atoms with Crippen LogP contribution in [0.2, 0.25) is 10.0 Å². The Bertz CT molecular complexity index is 969. The first-order valence-electron chi connectivity index (χ1n) is 10.0. The van der Waals surface area contributed by atoms with Crippen LogP contribution in [0.5, 0.6) is 0 Å². The number of ether oxygens (including phenoxy) is 1. The summed E-state index contributed by atoms with van der Waals surface area (Å²) in [6.45, 7) is 7.25. The summed E-state index contributed by atoms with van der Waals surface area (Å²) in [6.07, 6.45) is 1.52. The van der Waals surface area contributed by atoms with Gasteiger partial charge in [0.1, 0.15) is 6.04 Å². The lowest BCUT2D eigenvalue weighted by atomic mass is 9.95. The molecule has 0 bridgehead atoms. The third kappa shape index (κ3) is 5.68. The third-order valence-electron chi connectivity index (χ3n) is 5.05. The Morgan fingerprint density at radius 3 is 2.65 bits per heavy atom. The highest BCUT2D eigenvalue weighted by molar-refractivity contribution is 6.42. The Kier molecular flexibility index (Phi) is 8.15. The van der Waals surface area contributed by atoms with Gasteiger partial charge in [0.25, 0.3) is 0 Å². The maximum Gasteiger partial charge on any atom is 0.170 e. The van der Waals surface area contributed by atoms with Crippen molar-refractivity contribution in [2.45, 2.75) is 19.9 Å². The topological polar surface area (TPSA) is 90.1 Å². The van der Waals surface area contributed by atoms with Crippen LogP contribution in [-0.2, 0) is 9.53 Å². The largest absolute Gasteiger partial charge is 0.545 e. The van der Waals surface area contributed by atoms with Crippen LogP contribution in [0.1, 0.15) is 31.2 Å². The van der Waals surface area contributed by atoms with Crippen LogP contribution in [0.25, 0.3) is 0 Å². The molecule has 0 amide bonds. The summed E-state index contributed by atoms with van der Waals surface area (Å²) < 4.78 is 11.3. The molecule has 0 radical (unpaired) electrons. The molecule has 0 aliphatic carbocycles. The van der Waals surface area contributed by atoms with Crippen LogP contribution in [0.3, 0.4) is 0 Å². The Balaban J connectivity index is 1.92. The summed E-state index contributed by atoms with van der Waals surface area (Å²) in [7, 11) is 0. The number of likely N-dealkylation sites (N-methyl/N-ethyl adjacent to an activating group) is 1. The predicted molar refractivity (Wildman–Crippen MR) is 118 cm³/mol. The van der Waals surface area contributed by atoms with E-state index in [0.717, 1.165) is 19.6 Å². The van der Waals surface area contributed by atoms with Crippen molar-refractivity contribution in [1.29, 1.82) is 0 Å². The molecule has 1 aliphatic heterocycles. The summed E-state index contributed by atoms with van der Waals surface area (Å²) in [5, 5.41) is 15.8. The highest BCUT2D eigenvalue weighted by atomic mass is 35.5. The van der Waals surface area contributed by atoms with Crippen molar-refractivity contribution in [2.24, 2.45) is 4.99 Å². The zero-order valence-electron chi connectivity index (χ0n) is 17.4. The normalized spacial score (nSPS) is 16.4. The number of carbonyl (C=O) groups is 1. The van der Waals surface area contributed by atoms with Crippen molar-refractivity contribution in [3.05, 3.63) is 69.2 Å². The Morgan fingerprint density at radius 1 is 1.26 bits per heavy atom. The van der Waals surface area contributed by atoms with E-state index in [1.807, 2.05) is 0 Å². The first-order valence-corrected chi connectivity index (χ1v) is 10.8. The average Bonchev–Trinajstić information content (AvgIpc) is 3.30. The van der Waals surface area contributed by atoms with Gasteiger partial charge in [-0.1, -0.05) is 43.1 Å². The second-order valence-corrected chi connectivity index (χ2v) is 7.73. The van der Waals surface area contributed by atoms with Crippen LogP contribution >= 0.6 is 23.2 Å². The highest BCUT2D eigenvalue weighted by Gasteiger charge is 2.28. The van der Waals surface area contributed by atoms with Gasteiger partial charge < -0.3 is 29.3 Å². The molecule has 0 saturated carbocycles. The number of hydrogen-bond donors (Lipinski definition) is 1. The number of aliphatic imine (C=N–C) groups is 1. The number of aliphatic carboxylic acids is 1. The summed E-state index contributed by atoms with van der Waals surface area (Å²) in [5.41, 5.74) is 0.911. The van der Waals surface area contributed by atoms with Gasteiger partial charge in [-0.05, 0) is 42.9 Å². The molecule has 1 aromatic heterocycles. The second-order valence-electron chi connectivity index (χ2n) is 6.92. The zero-order chi connectivity index (χ0) is 22.4. The van der Waals surface area contributed by atoms with Gasteiger partial charge in [-0.3, -0.25) is 4.99 Å². The van der Waals surface area contributed by atoms with Crippen molar-refractivity contribution < 1.29 is 19.1 Å². The lowest BCUT2D eigenvalue weighted by molar-refractivity contribution is -0.299. The maximum absolute atomic E-state index is 12.1. The predicted octanol–water partition coefficient (Wildman–Crippen LogP) is 3.04. The molecule has 166 valence electrons. The van der Waals surface area contributed by atoms with Crippen molar-refractivity contribution in [2.75, 3.05) is 32.8 Å². The molecular weight excluding hydrogens is 441 g/mol. The van der Waals surface area contributed by atoms with Gasteiger partial charge in [0.15, 0.2) is 11.6 Å². The molecule has 0 spiro atoms. The van der Waals surface area contributed by atoms with E-state index in [1.54, 1.807) is 30.3 Å². The molecule has 31 heavy (non-hydrogen) atoms. The minimum absolute atomic E-state index is 0.0171. The van der Waals surface area contributed by atoms with Crippen molar-refractivity contribution in [3.63, 3.8) is 0 Å². The summed E-state index contributed by atoms with van der Waals surface area (Å²) in [4.78, 5) is 18.9. The number of nitrogens with one attached hydrogen (secondary N) is 1. The first kappa shape index (κ1) is 23.3. The molecule has 1 aromatic carbocycles. The fraction of sp³-hybridized carbons (Fsp3) is 0.364. The maximum atomic E-state index is 12.1. The van der Waals surface area contributed by atoms with Crippen LogP contribution in [0.15, 0.2) is 57.3 Å². The van der Waals surface area contributed by atoms with Gasteiger partial charge in [0, 0.05) is 12.1 Å². The number of furan rings is 1. The molecule has 7 nitrogen and oxygen atoms in total. The molecule has 0 fully saturated rings. The van der Waals surface area contributed by atoms with E-state index in [-0.39, 0.29) is 12.2 Å². The highest BCUT2D eigenvalue weighted by Crippen LogP contribution is 2.34. The smallest absolute Gasteiger partial charge is 0.170 e. The van der Waals surface area contributed by atoms with Crippen LogP contribution in [0, 0.1) is 0 Å². The molecule has 2 aromatic rings. The fourth-order valence-electron chi connectivity index (χ4n) is 3.32. The van der Waals surface area contributed by atoms with Gasteiger partial charge in [0.05, 0.1) is 41.2 Å². The van der Waals surface area contributed by atoms with Crippen LogP contribution in [0.4, 0.5) is 0 Å². The summed E-state index contributed by atoms with van der Waals surface area (Å²) in [6, 6.07) is 7.51. The summed E-state index contributed by atoms with van der Waals surface area (Å²) in [5.74, 6) is -0.468. The van der Waals surface area contributed by atoms with Crippen LogP contribution in [-0.4, -0.2) is 49.6 Å². The monoisotopic (exact) mass is 464 g/mol. The van der Waals surface area contributed by atoms with Gasteiger partial charge in [-0.2, -0.15) is 0 Å². The number of halogens is 2. The average molecular weight is 465 g/mol. The van der Waals surface area contributed by atoms with E-state index in [4.69, 9.17) is 32.4 Å². The first-order chi connectivity index (χ1) is 14.9. The molecule has 1 unspecified atom stereocenters. The second kappa shape index (κ2) is 10.8. The number of hydrogen-bond acceptors (Lipinski definition) is 7. The summed E-state index contributed by atoms with van der Waals surface area (Å²) >= 11 is 12.2. The molecule has 0 saturated heterocycles. The number of rotatable bonds is 10. The molecule has 2 heterocycles. The minimum Gasteiger partial charge on any atom is -0.545 e. The Hall–Kier alpha value is -2.32. The number of carboxylic acid groups (broad SMARTS) is 1. The van der Waals surface area contributed by atoms with Crippen molar-refractivity contribution >= 4 is 35.0 Å². The molecule has 1 atom stereocenters. The molecule has 1 aliphatic rings. The molecule has 3 rings (SSSR count). The van der Waals surface area contributed by atoms with Crippen LogP contribution < -0.4 is 10.4 Å². The number of carboxylic acids is 1. The molecular formula is C22H24Cl2N3O4-.